The monoisotopic (exact) mass is 232 g/mol. The minimum absolute atomic E-state index is 0.0682. The SMILES string of the molecule is CC(=O)Nc1ccc(N2CCC(=O)CC2)cc1. The first-order valence-electron chi connectivity index (χ1n) is 5.79. The van der Waals surface area contributed by atoms with Crippen LogP contribution in [0.2, 0.25) is 0 Å². The van der Waals surface area contributed by atoms with E-state index >= 15 is 0 Å². The predicted molar refractivity (Wildman–Crippen MR) is 67.2 cm³/mol. The lowest BCUT2D eigenvalue weighted by Crippen LogP contribution is -2.33. The summed E-state index contributed by atoms with van der Waals surface area (Å²) < 4.78 is 0. The van der Waals surface area contributed by atoms with Crippen molar-refractivity contribution in [3.8, 4) is 0 Å². The number of hydrogen-bond acceptors (Lipinski definition) is 3. The summed E-state index contributed by atoms with van der Waals surface area (Å²) in [6.07, 6.45) is 1.26. The maximum Gasteiger partial charge on any atom is 0.221 e. The first kappa shape index (κ1) is 11.6. The van der Waals surface area contributed by atoms with Crippen LogP contribution in [-0.2, 0) is 9.59 Å². The molecule has 1 aromatic carbocycles. The van der Waals surface area contributed by atoms with E-state index in [-0.39, 0.29) is 5.91 Å². The Bertz CT molecular complexity index is 416. The van der Waals surface area contributed by atoms with E-state index < -0.39 is 0 Å². The van der Waals surface area contributed by atoms with Gasteiger partial charge >= 0.3 is 0 Å². The molecule has 0 aliphatic carbocycles. The zero-order valence-corrected chi connectivity index (χ0v) is 9.90. The topological polar surface area (TPSA) is 49.4 Å². The molecule has 90 valence electrons. The lowest BCUT2D eigenvalue weighted by molar-refractivity contribution is -0.119. The number of amides is 1. The number of hydrogen-bond donors (Lipinski definition) is 1. The van der Waals surface area contributed by atoms with Crippen LogP contribution in [0.1, 0.15) is 19.8 Å². The van der Waals surface area contributed by atoms with Crippen molar-refractivity contribution in [2.45, 2.75) is 19.8 Å². The minimum atomic E-state index is -0.0682. The van der Waals surface area contributed by atoms with Gasteiger partial charge in [-0.2, -0.15) is 0 Å². The molecule has 1 heterocycles. The third-order valence-electron chi connectivity index (χ3n) is 2.87. The zero-order valence-electron chi connectivity index (χ0n) is 9.90. The third kappa shape index (κ3) is 3.06. The lowest BCUT2D eigenvalue weighted by Gasteiger charge is -2.28. The fourth-order valence-corrected chi connectivity index (χ4v) is 1.97. The van der Waals surface area contributed by atoms with Crippen LogP contribution in [-0.4, -0.2) is 24.8 Å². The molecule has 17 heavy (non-hydrogen) atoms. The molecule has 1 aliphatic rings. The summed E-state index contributed by atoms with van der Waals surface area (Å²) in [6, 6.07) is 7.71. The predicted octanol–water partition coefficient (Wildman–Crippen LogP) is 1.81. The number of nitrogens with zero attached hydrogens (tertiary/aromatic N) is 1. The summed E-state index contributed by atoms with van der Waals surface area (Å²) in [5, 5.41) is 2.73. The van der Waals surface area contributed by atoms with Crippen LogP contribution in [0.15, 0.2) is 24.3 Å². The highest BCUT2D eigenvalue weighted by Gasteiger charge is 2.16. The fraction of sp³-hybridized carbons (Fsp3) is 0.385. The van der Waals surface area contributed by atoms with Crippen LogP contribution in [0.3, 0.4) is 0 Å². The molecule has 4 nitrogen and oxygen atoms in total. The Morgan fingerprint density at radius 2 is 1.76 bits per heavy atom. The van der Waals surface area contributed by atoms with E-state index in [2.05, 4.69) is 10.2 Å². The Morgan fingerprint density at radius 3 is 2.29 bits per heavy atom. The number of piperidine rings is 1. The van der Waals surface area contributed by atoms with Gasteiger partial charge < -0.3 is 10.2 Å². The molecule has 2 rings (SSSR count). The number of carbonyl (C=O) groups is 2. The minimum Gasteiger partial charge on any atom is -0.371 e. The maximum absolute atomic E-state index is 11.1. The van der Waals surface area contributed by atoms with Gasteiger partial charge in [-0.1, -0.05) is 0 Å². The number of rotatable bonds is 2. The van der Waals surface area contributed by atoms with Crippen LogP contribution in [0.4, 0.5) is 11.4 Å². The van der Waals surface area contributed by atoms with Crippen LogP contribution >= 0.6 is 0 Å². The molecule has 1 fully saturated rings. The van der Waals surface area contributed by atoms with E-state index in [4.69, 9.17) is 0 Å². The van der Waals surface area contributed by atoms with Gasteiger partial charge in [0.05, 0.1) is 0 Å². The van der Waals surface area contributed by atoms with Crippen molar-refractivity contribution in [3.63, 3.8) is 0 Å². The summed E-state index contributed by atoms with van der Waals surface area (Å²) in [5.74, 6) is 0.275. The van der Waals surface area contributed by atoms with Crippen molar-refractivity contribution in [1.82, 2.24) is 0 Å². The van der Waals surface area contributed by atoms with Gasteiger partial charge in [0.2, 0.25) is 5.91 Å². The summed E-state index contributed by atoms with van der Waals surface area (Å²) >= 11 is 0. The molecule has 1 amide bonds. The summed E-state index contributed by atoms with van der Waals surface area (Å²) in [4.78, 5) is 24.2. The van der Waals surface area contributed by atoms with Gasteiger partial charge in [-0.05, 0) is 24.3 Å². The highest BCUT2D eigenvalue weighted by atomic mass is 16.1. The smallest absolute Gasteiger partial charge is 0.221 e. The van der Waals surface area contributed by atoms with Crippen LogP contribution < -0.4 is 10.2 Å². The van der Waals surface area contributed by atoms with E-state index in [1.807, 2.05) is 24.3 Å². The molecule has 1 aliphatic heterocycles. The van der Waals surface area contributed by atoms with Crippen molar-refractivity contribution in [2.24, 2.45) is 0 Å². The molecule has 4 heteroatoms. The number of anilines is 2. The van der Waals surface area contributed by atoms with Gasteiger partial charge in [-0.15, -0.1) is 0 Å². The van der Waals surface area contributed by atoms with Crippen molar-refractivity contribution >= 4 is 23.1 Å². The molecule has 0 atom stereocenters. The van der Waals surface area contributed by atoms with Gasteiger partial charge in [0, 0.05) is 44.2 Å². The van der Waals surface area contributed by atoms with Crippen molar-refractivity contribution < 1.29 is 9.59 Å². The molecule has 1 aromatic rings. The number of benzene rings is 1. The Morgan fingerprint density at radius 1 is 1.18 bits per heavy atom. The summed E-state index contributed by atoms with van der Waals surface area (Å²) in [6.45, 7) is 3.07. The second-order valence-corrected chi connectivity index (χ2v) is 4.25. The van der Waals surface area contributed by atoms with E-state index in [0.29, 0.717) is 18.6 Å². The van der Waals surface area contributed by atoms with Crippen LogP contribution in [0.25, 0.3) is 0 Å². The maximum atomic E-state index is 11.1. The molecule has 0 unspecified atom stereocenters. The Kier molecular flexibility index (Phi) is 3.42. The first-order chi connectivity index (χ1) is 8.15. The number of carbonyl (C=O) groups excluding carboxylic acids is 2. The van der Waals surface area contributed by atoms with Crippen LogP contribution in [0.5, 0.6) is 0 Å². The molecule has 0 saturated carbocycles. The van der Waals surface area contributed by atoms with Crippen LogP contribution in [0, 0.1) is 0 Å². The summed E-state index contributed by atoms with van der Waals surface area (Å²) in [7, 11) is 0. The fourth-order valence-electron chi connectivity index (χ4n) is 1.97. The van der Waals surface area contributed by atoms with Crippen molar-refractivity contribution in [2.75, 3.05) is 23.3 Å². The van der Waals surface area contributed by atoms with Gasteiger partial charge in [0.1, 0.15) is 5.78 Å². The number of Topliss-reactive ketones (excluding diaryl/α,β-unsaturated/α-hetero) is 1. The molecule has 0 radical (unpaired) electrons. The molecular formula is C13H16N2O2. The van der Waals surface area contributed by atoms with Crippen molar-refractivity contribution in [3.05, 3.63) is 24.3 Å². The molecular weight excluding hydrogens is 216 g/mol. The Balaban J connectivity index is 2.02. The van der Waals surface area contributed by atoms with E-state index in [1.165, 1.54) is 6.92 Å². The number of ketones is 1. The Labute approximate surface area is 101 Å². The second-order valence-electron chi connectivity index (χ2n) is 4.25. The summed E-state index contributed by atoms with van der Waals surface area (Å²) in [5.41, 5.74) is 1.90. The lowest BCUT2D eigenvalue weighted by atomic mass is 10.1. The third-order valence-corrected chi connectivity index (χ3v) is 2.87. The molecule has 0 aromatic heterocycles. The number of nitrogens with one attached hydrogen (secondary N) is 1. The Hall–Kier alpha value is -1.84. The van der Waals surface area contributed by atoms with Crippen molar-refractivity contribution in [1.29, 1.82) is 0 Å². The molecule has 1 N–H and O–H groups in total. The molecule has 0 bridgehead atoms. The largest absolute Gasteiger partial charge is 0.371 e. The zero-order chi connectivity index (χ0) is 12.3. The normalized spacial score (nSPS) is 15.8. The van der Waals surface area contributed by atoms with Gasteiger partial charge in [-0.3, -0.25) is 9.59 Å². The highest BCUT2D eigenvalue weighted by molar-refractivity contribution is 5.88. The second kappa shape index (κ2) is 4.99. The standard InChI is InChI=1S/C13H16N2O2/c1-10(16)14-11-2-4-12(5-3-11)15-8-6-13(17)7-9-15/h2-5H,6-9H2,1H3,(H,14,16). The van der Waals surface area contributed by atoms with Gasteiger partial charge in [0.15, 0.2) is 0 Å². The van der Waals surface area contributed by atoms with Gasteiger partial charge in [0.25, 0.3) is 0 Å². The average molecular weight is 232 g/mol. The van der Waals surface area contributed by atoms with E-state index in [1.54, 1.807) is 0 Å². The van der Waals surface area contributed by atoms with E-state index in [9.17, 15) is 9.59 Å². The quantitative estimate of drug-likeness (QED) is 0.846. The van der Waals surface area contributed by atoms with E-state index in [0.717, 1.165) is 24.5 Å². The average Bonchev–Trinajstić information content (AvgIpc) is 2.30. The van der Waals surface area contributed by atoms with Gasteiger partial charge in [-0.25, -0.2) is 0 Å². The molecule has 1 saturated heterocycles. The molecule has 0 spiro atoms. The highest BCUT2D eigenvalue weighted by Crippen LogP contribution is 2.20. The first-order valence-corrected chi connectivity index (χ1v) is 5.79.